The largest absolute Gasteiger partial charge is 0.479 e. The van der Waals surface area contributed by atoms with Crippen LogP contribution >= 0.6 is 0 Å². The number of ether oxygens (including phenoxy) is 1. The van der Waals surface area contributed by atoms with E-state index in [0.29, 0.717) is 24.4 Å². The number of anilines is 1. The van der Waals surface area contributed by atoms with Crippen LogP contribution in [0.25, 0.3) is 27.7 Å². The molecule has 1 N–H and O–H groups in total. The van der Waals surface area contributed by atoms with E-state index in [9.17, 15) is 8.78 Å². The van der Waals surface area contributed by atoms with E-state index in [1.807, 2.05) is 31.3 Å². The van der Waals surface area contributed by atoms with Crippen molar-refractivity contribution < 1.29 is 13.5 Å². The van der Waals surface area contributed by atoms with Gasteiger partial charge in [-0.1, -0.05) is 11.3 Å². The number of alkyl halides is 2. The summed E-state index contributed by atoms with van der Waals surface area (Å²) in [6.45, 7) is 0.273. The number of nitrogens with one attached hydrogen (secondary N) is 1. The minimum atomic E-state index is -2.88. The summed E-state index contributed by atoms with van der Waals surface area (Å²) in [7, 11) is 5.02. The summed E-state index contributed by atoms with van der Waals surface area (Å²) in [6.07, 6.45) is 2.06. The van der Waals surface area contributed by atoms with Gasteiger partial charge in [-0.15, -0.1) is 10.2 Å². The molecular weight excluding hydrogens is 406 g/mol. The fraction of sp³-hybridized carbons (Fsp3) is 0.400. The van der Waals surface area contributed by atoms with Gasteiger partial charge in [0.2, 0.25) is 11.8 Å². The van der Waals surface area contributed by atoms with Gasteiger partial charge in [-0.3, -0.25) is 0 Å². The highest BCUT2D eigenvalue weighted by Crippen LogP contribution is 2.34. The third kappa shape index (κ3) is 3.34. The fourth-order valence-electron chi connectivity index (χ4n) is 4.07. The van der Waals surface area contributed by atoms with Gasteiger partial charge in [0.15, 0.2) is 0 Å². The summed E-state index contributed by atoms with van der Waals surface area (Å²) in [5, 5.41) is 15.4. The molecule has 1 fully saturated rings. The first-order valence-corrected chi connectivity index (χ1v) is 9.92. The Hall–Kier alpha value is -3.34. The van der Waals surface area contributed by atoms with Crippen molar-refractivity contribution in [3.8, 4) is 17.0 Å². The summed E-state index contributed by atoms with van der Waals surface area (Å²) in [6, 6.07) is 6.67. The third-order valence-electron chi connectivity index (χ3n) is 5.69. The van der Waals surface area contributed by atoms with Crippen LogP contribution < -0.4 is 10.1 Å². The Kier molecular flexibility index (Phi) is 4.50. The quantitative estimate of drug-likeness (QED) is 0.534. The lowest BCUT2D eigenvalue weighted by Gasteiger charge is -2.36. The predicted molar refractivity (Wildman–Crippen MR) is 112 cm³/mol. The number of nitrogens with zero attached hydrogens (tertiary/aromatic N) is 7. The van der Waals surface area contributed by atoms with Gasteiger partial charge in [-0.25, -0.2) is 18.0 Å². The Morgan fingerprint density at radius 3 is 2.84 bits per heavy atom. The molecule has 9 nitrogen and oxygen atoms in total. The van der Waals surface area contributed by atoms with Crippen LogP contribution in [0.1, 0.15) is 6.42 Å². The maximum absolute atomic E-state index is 14.5. The third-order valence-corrected chi connectivity index (χ3v) is 5.69. The van der Waals surface area contributed by atoms with Crippen molar-refractivity contribution in [1.82, 2.24) is 34.5 Å². The highest BCUT2D eigenvalue weighted by molar-refractivity contribution is 5.89. The topological polar surface area (TPSA) is 85.4 Å². The summed E-state index contributed by atoms with van der Waals surface area (Å²) >= 11 is 0. The molecule has 1 atom stereocenters. The van der Waals surface area contributed by atoms with Gasteiger partial charge in [0, 0.05) is 25.4 Å². The highest BCUT2D eigenvalue weighted by atomic mass is 19.3. The van der Waals surface area contributed by atoms with Crippen molar-refractivity contribution in [3.63, 3.8) is 0 Å². The number of fused-ring (bicyclic) bond motifs is 2. The Morgan fingerprint density at radius 2 is 2.06 bits per heavy atom. The number of aromatic nitrogens is 6. The lowest BCUT2D eigenvalue weighted by Crippen LogP contribution is -2.53. The van der Waals surface area contributed by atoms with Crippen molar-refractivity contribution in [2.24, 2.45) is 7.05 Å². The monoisotopic (exact) mass is 428 g/mol. The SMILES string of the molecule is COc1nc(N[C@@H]2CCN(C)CC2(F)F)nn2ccc(-c3ccc4nnn(C)c4c3)c12. The molecule has 0 spiro atoms. The number of hydrogen-bond acceptors (Lipinski definition) is 7. The van der Waals surface area contributed by atoms with Crippen LogP contribution in [0.4, 0.5) is 14.7 Å². The maximum atomic E-state index is 14.5. The summed E-state index contributed by atoms with van der Waals surface area (Å²) in [5.74, 6) is -2.48. The molecule has 1 aromatic carbocycles. The number of likely N-dealkylation sites (tertiary alicyclic amines) is 1. The van der Waals surface area contributed by atoms with Crippen LogP contribution in [-0.4, -0.2) is 73.7 Å². The lowest BCUT2D eigenvalue weighted by atomic mass is 10.0. The van der Waals surface area contributed by atoms with E-state index in [2.05, 4.69) is 25.7 Å². The van der Waals surface area contributed by atoms with Crippen LogP contribution in [0.3, 0.4) is 0 Å². The average molecular weight is 428 g/mol. The Labute approximate surface area is 176 Å². The Morgan fingerprint density at radius 1 is 1.23 bits per heavy atom. The van der Waals surface area contributed by atoms with Crippen molar-refractivity contribution in [1.29, 1.82) is 0 Å². The van der Waals surface area contributed by atoms with Crippen molar-refractivity contribution in [2.45, 2.75) is 18.4 Å². The van der Waals surface area contributed by atoms with Crippen LogP contribution in [-0.2, 0) is 7.05 Å². The molecule has 1 saturated heterocycles. The standard InChI is InChI=1S/C20H22F2N8O/c1-28-8-7-16(20(21,22)11-28)23-19-24-18(31-3)17-13(6-9-30(17)26-19)12-4-5-14-15(10-12)29(2)27-25-14/h4-6,9-10,16H,7-8,11H2,1-3H3,(H,23,26)/t16-/m1/s1. The van der Waals surface area contributed by atoms with E-state index in [0.717, 1.165) is 22.2 Å². The second-order valence-corrected chi connectivity index (χ2v) is 7.87. The number of benzene rings is 1. The molecule has 0 bridgehead atoms. The summed E-state index contributed by atoms with van der Waals surface area (Å²) < 4.78 is 37.7. The molecule has 11 heteroatoms. The Balaban J connectivity index is 1.54. The lowest BCUT2D eigenvalue weighted by molar-refractivity contribution is -0.0675. The molecule has 4 aromatic rings. The van der Waals surface area contributed by atoms with E-state index in [-0.39, 0.29) is 12.5 Å². The molecule has 1 aliphatic rings. The zero-order chi connectivity index (χ0) is 21.8. The summed E-state index contributed by atoms with van der Waals surface area (Å²) in [5.41, 5.74) is 4.11. The van der Waals surface area contributed by atoms with Crippen molar-refractivity contribution in [2.75, 3.05) is 32.6 Å². The van der Waals surface area contributed by atoms with E-state index >= 15 is 0 Å². The predicted octanol–water partition coefficient (Wildman–Crippen LogP) is 2.44. The zero-order valence-electron chi connectivity index (χ0n) is 17.4. The first-order chi connectivity index (χ1) is 14.9. The Bertz CT molecular complexity index is 1270. The smallest absolute Gasteiger partial charge is 0.280 e. The second-order valence-electron chi connectivity index (χ2n) is 7.87. The van der Waals surface area contributed by atoms with Crippen LogP contribution in [0.5, 0.6) is 5.88 Å². The molecule has 3 aromatic heterocycles. The molecule has 0 radical (unpaired) electrons. The number of halogens is 2. The molecule has 0 aliphatic carbocycles. The van der Waals surface area contributed by atoms with Crippen LogP contribution in [0.2, 0.25) is 0 Å². The number of aryl methyl sites for hydroxylation is 1. The molecule has 162 valence electrons. The van der Waals surface area contributed by atoms with Crippen LogP contribution in [0, 0.1) is 0 Å². The first-order valence-electron chi connectivity index (χ1n) is 9.92. The maximum Gasteiger partial charge on any atom is 0.280 e. The number of hydrogen-bond donors (Lipinski definition) is 1. The second kappa shape index (κ2) is 7.12. The number of rotatable bonds is 4. The van der Waals surface area contributed by atoms with Gasteiger partial charge in [-0.2, -0.15) is 4.98 Å². The normalized spacial score (nSPS) is 19.2. The number of methoxy groups -OCH3 is 1. The van der Waals surface area contributed by atoms with E-state index < -0.39 is 12.0 Å². The summed E-state index contributed by atoms with van der Waals surface area (Å²) in [4.78, 5) is 6.00. The first kappa shape index (κ1) is 19.6. The van der Waals surface area contributed by atoms with E-state index in [1.165, 1.54) is 7.11 Å². The van der Waals surface area contributed by atoms with Crippen molar-refractivity contribution >= 4 is 22.5 Å². The van der Waals surface area contributed by atoms with Gasteiger partial charge in [0.25, 0.3) is 5.92 Å². The van der Waals surface area contributed by atoms with E-state index in [1.54, 1.807) is 27.3 Å². The molecule has 0 saturated carbocycles. The zero-order valence-corrected chi connectivity index (χ0v) is 17.4. The average Bonchev–Trinajstić information content (AvgIpc) is 3.32. The highest BCUT2D eigenvalue weighted by Gasteiger charge is 2.44. The van der Waals surface area contributed by atoms with Crippen molar-refractivity contribution in [3.05, 3.63) is 30.5 Å². The molecular formula is C20H22F2N8O. The molecule has 1 aliphatic heterocycles. The molecule has 4 heterocycles. The van der Waals surface area contributed by atoms with Gasteiger partial charge in [0.05, 0.1) is 25.2 Å². The van der Waals surface area contributed by atoms with Gasteiger partial charge < -0.3 is 15.0 Å². The van der Waals surface area contributed by atoms with Gasteiger partial charge in [-0.05, 0) is 37.2 Å². The fourth-order valence-corrected chi connectivity index (χ4v) is 4.07. The van der Waals surface area contributed by atoms with Crippen LogP contribution in [0.15, 0.2) is 30.5 Å². The minimum absolute atomic E-state index is 0.104. The molecule has 0 amide bonds. The van der Waals surface area contributed by atoms with Gasteiger partial charge >= 0.3 is 0 Å². The molecule has 0 unspecified atom stereocenters. The number of piperidine rings is 1. The van der Waals surface area contributed by atoms with E-state index in [4.69, 9.17) is 4.74 Å². The minimum Gasteiger partial charge on any atom is -0.479 e. The molecule has 5 rings (SSSR count). The molecule has 31 heavy (non-hydrogen) atoms. The van der Waals surface area contributed by atoms with Gasteiger partial charge in [0.1, 0.15) is 11.0 Å².